The number of aliphatic imine (C=N–C) groups is 1. The summed E-state index contributed by atoms with van der Waals surface area (Å²) < 4.78 is 5.48. The molecule has 0 aromatic heterocycles. The second kappa shape index (κ2) is 4.07. The van der Waals surface area contributed by atoms with Crippen LogP contribution in [0.3, 0.4) is 0 Å². The van der Waals surface area contributed by atoms with Gasteiger partial charge in [0, 0.05) is 6.61 Å². The van der Waals surface area contributed by atoms with Crippen molar-refractivity contribution in [1.29, 1.82) is 0 Å². The van der Waals surface area contributed by atoms with E-state index in [9.17, 15) is 0 Å². The fourth-order valence-electron chi connectivity index (χ4n) is 1.35. The maximum atomic E-state index is 5.48. The van der Waals surface area contributed by atoms with Gasteiger partial charge in [0.2, 0.25) is 0 Å². The number of rotatable bonds is 1. The van der Waals surface area contributed by atoms with Crippen molar-refractivity contribution in [3.05, 3.63) is 0 Å². The molecule has 1 aliphatic heterocycles. The average Bonchev–Trinajstić information content (AvgIpc) is 2.50. The summed E-state index contributed by atoms with van der Waals surface area (Å²) in [4.78, 5) is 4.46. The quantitative estimate of drug-likeness (QED) is 0.275. The molecule has 4 nitrogen and oxygen atoms in total. The predicted molar refractivity (Wildman–Crippen MR) is 53.5 cm³/mol. The first kappa shape index (κ1) is 10.5. The second-order valence-corrected chi connectivity index (χ2v) is 4.31. The molecular formula is C9H19N3O. The summed E-state index contributed by atoms with van der Waals surface area (Å²) in [6.45, 7) is 6.94. The van der Waals surface area contributed by atoms with E-state index < -0.39 is 0 Å². The number of nitrogens with two attached hydrogens (primary N) is 1. The van der Waals surface area contributed by atoms with Crippen LogP contribution in [0.5, 0.6) is 0 Å². The molecule has 0 radical (unpaired) electrons. The van der Waals surface area contributed by atoms with Gasteiger partial charge in [-0.15, -0.1) is 0 Å². The fourth-order valence-corrected chi connectivity index (χ4v) is 1.35. The van der Waals surface area contributed by atoms with E-state index >= 15 is 0 Å². The third kappa shape index (κ3) is 3.32. The number of ether oxygens (including phenoxy) is 1. The summed E-state index contributed by atoms with van der Waals surface area (Å²) in [5.41, 5.74) is 2.52. The highest BCUT2D eigenvalue weighted by molar-refractivity contribution is 5.86. The van der Waals surface area contributed by atoms with E-state index in [1.54, 1.807) is 0 Å². The summed E-state index contributed by atoms with van der Waals surface area (Å²) >= 11 is 0. The van der Waals surface area contributed by atoms with Crippen LogP contribution in [0.25, 0.3) is 0 Å². The number of hydrazine groups is 1. The Morgan fingerprint density at radius 3 is 2.62 bits per heavy atom. The van der Waals surface area contributed by atoms with Gasteiger partial charge in [-0.3, -0.25) is 4.99 Å². The van der Waals surface area contributed by atoms with Gasteiger partial charge in [0.25, 0.3) is 0 Å². The molecule has 0 aromatic carbocycles. The smallest absolute Gasteiger partial charge is 0.141 e. The van der Waals surface area contributed by atoms with Gasteiger partial charge < -0.3 is 10.2 Å². The van der Waals surface area contributed by atoms with Gasteiger partial charge in [-0.1, -0.05) is 0 Å². The van der Waals surface area contributed by atoms with Gasteiger partial charge in [-0.25, -0.2) is 5.84 Å². The van der Waals surface area contributed by atoms with Gasteiger partial charge in [0.1, 0.15) is 11.9 Å². The standard InChI is InChI=1S/C9H19N3O/c1-9(2,3)11-8(12-10)7-5-4-6-13-7/h7H,4-6,10H2,1-3H3,(H,11,12). The van der Waals surface area contributed by atoms with Gasteiger partial charge in [-0.2, -0.15) is 0 Å². The Hall–Kier alpha value is -0.610. The molecule has 0 saturated carbocycles. The monoisotopic (exact) mass is 185 g/mol. The molecular weight excluding hydrogens is 166 g/mol. The average molecular weight is 185 g/mol. The minimum Gasteiger partial charge on any atom is -0.370 e. The lowest BCUT2D eigenvalue weighted by molar-refractivity contribution is 0.155. The fraction of sp³-hybridized carbons (Fsp3) is 0.889. The zero-order valence-electron chi connectivity index (χ0n) is 8.63. The third-order valence-corrected chi connectivity index (χ3v) is 1.84. The van der Waals surface area contributed by atoms with Crippen LogP contribution in [0.1, 0.15) is 33.6 Å². The van der Waals surface area contributed by atoms with Gasteiger partial charge >= 0.3 is 0 Å². The molecule has 1 atom stereocenters. The molecule has 76 valence electrons. The first-order chi connectivity index (χ1) is 6.03. The maximum Gasteiger partial charge on any atom is 0.141 e. The van der Waals surface area contributed by atoms with Crippen LogP contribution in [-0.2, 0) is 4.74 Å². The number of amidine groups is 1. The summed E-state index contributed by atoms with van der Waals surface area (Å²) in [6, 6.07) is 0. The predicted octanol–water partition coefficient (Wildman–Crippen LogP) is 0.826. The number of nitrogens with one attached hydrogen (secondary N) is 1. The summed E-state index contributed by atoms with van der Waals surface area (Å²) in [5.74, 6) is 6.17. The zero-order valence-corrected chi connectivity index (χ0v) is 8.63. The van der Waals surface area contributed by atoms with Gasteiger partial charge in [0.15, 0.2) is 0 Å². The molecule has 0 aromatic rings. The first-order valence-electron chi connectivity index (χ1n) is 4.71. The van der Waals surface area contributed by atoms with Crippen LogP contribution >= 0.6 is 0 Å². The van der Waals surface area contributed by atoms with Crippen LogP contribution in [0.15, 0.2) is 4.99 Å². The normalized spacial score (nSPS) is 24.9. The topological polar surface area (TPSA) is 59.6 Å². The van der Waals surface area contributed by atoms with E-state index in [4.69, 9.17) is 10.6 Å². The molecule has 1 fully saturated rings. The zero-order chi connectivity index (χ0) is 9.90. The molecule has 1 rings (SSSR count). The van der Waals surface area contributed by atoms with Gasteiger partial charge in [0.05, 0.1) is 5.54 Å². The van der Waals surface area contributed by atoms with Gasteiger partial charge in [-0.05, 0) is 33.6 Å². The van der Waals surface area contributed by atoms with E-state index in [2.05, 4.69) is 10.4 Å². The summed E-state index contributed by atoms with van der Waals surface area (Å²) in [5, 5.41) is 0. The van der Waals surface area contributed by atoms with E-state index in [1.165, 1.54) is 0 Å². The number of hydrogen-bond acceptors (Lipinski definition) is 3. The van der Waals surface area contributed by atoms with Crippen LogP contribution in [-0.4, -0.2) is 24.1 Å². The lowest BCUT2D eigenvalue weighted by atomic mass is 10.1. The van der Waals surface area contributed by atoms with E-state index in [-0.39, 0.29) is 11.6 Å². The summed E-state index contributed by atoms with van der Waals surface area (Å²) in [7, 11) is 0. The Balaban J connectivity index is 2.65. The van der Waals surface area contributed by atoms with Crippen molar-refractivity contribution in [2.24, 2.45) is 10.8 Å². The van der Waals surface area contributed by atoms with E-state index in [0.29, 0.717) is 0 Å². The molecule has 1 unspecified atom stereocenters. The molecule has 0 aliphatic carbocycles. The SMILES string of the molecule is CC(C)(C)N=C(NN)C1CCCO1. The van der Waals surface area contributed by atoms with Crippen LogP contribution in [0.4, 0.5) is 0 Å². The summed E-state index contributed by atoms with van der Waals surface area (Å²) in [6.07, 6.45) is 2.18. The molecule has 1 saturated heterocycles. The molecule has 4 heteroatoms. The Labute approximate surface area is 79.5 Å². The van der Waals surface area contributed by atoms with Crippen molar-refractivity contribution in [2.75, 3.05) is 6.61 Å². The minimum atomic E-state index is -0.104. The Bertz CT molecular complexity index is 190. The lowest BCUT2D eigenvalue weighted by Crippen LogP contribution is -2.40. The molecule has 3 N–H and O–H groups in total. The third-order valence-electron chi connectivity index (χ3n) is 1.84. The highest BCUT2D eigenvalue weighted by atomic mass is 16.5. The van der Waals surface area contributed by atoms with Crippen LogP contribution in [0.2, 0.25) is 0 Å². The Morgan fingerprint density at radius 1 is 1.54 bits per heavy atom. The largest absolute Gasteiger partial charge is 0.370 e. The first-order valence-corrected chi connectivity index (χ1v) is 4.71. The highest BCUT2D eigenvalue weighted by Gasteiger charge is 2.22. The minimum absolute atomic E-state index is 0.0734. The maximum absolute atomic E-state index is 5.48. The van der Waals surface area contributed by atoms with Crippen molar-refractivity contribution in [1.82, 2.24) is 5.43 Å². The Morgan fingerprint density at radius 2 is 2.23 bits per heavy atom. The van der Waals surface area contributed by atoms with Crippen LogP contribution < -0.4 is 11.3 Å². The van der Waals surface area contributed by atoms with Crippen molar-refractivity contribution in [3.63, 3.8) is 0 Å². The van der Waals surface area contributed by atoms with Crippen LogP contribution in [0, 0.1) is 0 Å². The highest BCUT2D eigenvalue weighted by Crippen LogP contribution is 2.15. The number of nitrogens with zero attached hydrogens (tertiary/aromatic N) is 1. The second-order valence-electron chi connectivity index (χ2n) is 4.31. The van der Waals surface area contributed by atoms with Crippen molar-refractivity contribution >= 4 is 5.84 Å². The molecule has 0 amide bonds. The molecule has 0 bridgehead atoms. The Kier molecular flexibility index (Phi) is 3.27. The van der Waals surface area contributed by atoms with Crippen molar-refractivity contribution < 1.29 is 4.74 Å². The van der Waals surface area contributed by atoms with E-state index in [1.807, 2.05) is 20.8 Å². The molecule has 1 aliphatic rings. The molecule has 13 heavy (non-hydrogen) atoms. The van der Waals surface area contributed by atoms with E-state index in [0.717, 1.165) is 25.3 Å². The molecule has 1 heterocycles. The molecule has 0 spiro atoms. The lowest BCUT2D eigenvalue weighted by Gasteiger charge is -2.19. The number of hydrogen-bond donors (Lipinski definition) is 2. The van der Waals surface area contributed by atoms with Crippen molar-refractivity contribution in [2.45, 2.75) is 45.3 Å². The van der Waals surface area contributed by atoms with Crippen molar-refractivity contribution in [3.8, 4) is 0 Å².